The lowest BCUT2D eigenvalue weighted by Crippen LogP contribution is -2.39. The Morgan fingerprint density at radius 1 is 0.652 bits per heavy atom. The summed E-state index contributed by atoms with van der Waals surface area (Å²) in [7, 11) is 0. The summed E-state index contributed by atoms with van der Waals surface area (Å²) in [5, 5.41) is 0. The third-order valence-electron chi connectivity index (χ3n) is 6.45. The molecule has 4 aliphatic carbocycles. The van der Waals surface area contributed by atoms with Gasteiger partial charge in [-0.15, -0.1) is 0 Å². The van der Waals surface area contributed by atoms with E-state index in [0.29, 0.717) is 6.04 Å². The van der Waals surface area contributed by atoms with E-state index >= 15 is 0 Å². The molecule has 23 heavy (non-hydrogen) atoms. The maximum absolute atomic E-state index is 2.86. The van der Waals surface area contributed by atoms with Crippen LogP contribution in [0.25, 0.3) is 0 Å². The zero-order valence-corrected chi connectivity index (χ0v) is 14.8. The Hall–Kier alpha value is -0.980. The normalized spacial score (nSPS) is 28.8. The van der Waals surface area contributed by atoms with Gasteiger partial charge in [-0.25, -0.2) is 0 Å². The summed E-state index contributed by atoms with van der Waals surface area (Å²) in [5.41, 5.74) is 7.06. The Morgan fingerprint density at radius 2 is 1.26 bits per heavy atom. The van der Waals surface area contributed by atoms with Gasteiger partial charge in [0.1, 0.15) is 0 Å². The fourth-order valence-corrected chi connectivity index (χ4v) is 5.31. The Bertz CT molecular complexity index is 492. The first kappa shape index (κ1) is 15.5. The van der Waals surface area contributed by atoms with Crippen LogP contribution in [-0.4, -0.2) is 10.9 Å². The minimum atomic E-state index is 0.716. The van der Waals surface area contributed by atoms with Crippen LogP contribution < -0.4 is 0 Å². The molecule has 0 saturated carbocycles. The summed E-state index contributed by atoms with van der Waals surface area (Å²) < 4.78 is 0. The van der Waals surface area contributed by atoms with E-state index < -0.39 is 0 Å². The van der Waals surface area contributed by atoms with E-state index in [9.17, 15) is 0 Å². The van der Waals surface area contributed by atoms with Gasteiger partial charge in [-0.2, -0.15) is 0 Å². The summed E-state index contributed by atoms with van der Waals surface area (Å²) >= 11 is 0. The van der Waals surface area contributed by atoms with Gasteiger partial charge in [-0.1, -0.05) is 17.7 Å². The Balaban J connectivity index is 1.69. The number of hydrogen-bond acceptors (Lipinski definition) is 1. The largest absolute Gasteiger partial charge is 0.342 e. The fraction of sp³-hybridized carbons (Fsp3) is 0.727. The van der Waals surface area contributed by atoms with E-state index in [1.165, 1.54) is 96.3 Å². The minimum absolute atomic E-state index is 0.716. The Kier molecular flexibility index (Phi) is 4.92. The third kappa shape index (κ3) is 3.30. The van der Waals surface area contributed by atoms with Gasteiger partial charge >= 0.3 is 0 Å². The van der Waals surface area contributed by atoms with E-state index in [-0.39, 0.29) is 0 Å². The van der Waals surface area contributed by atoms with Crippen LogP contribution in [0.5, 0.6) is 0 Å². The molecular formula is C22H33N. The Morgan fingerprint density at radius 3 is 1.91 bits per heavy atom. The average Bonchev–Trinajstić information content (AvgIpc) is 2.64. The van der Waals surface area contributed by atoms with Crippen LogP contribution in [0.2, 0.25) is 0 Å². The van der Waals surface area contributed by atoms with Gasteiger partial charge in [0, 0.05) is 11.4 Å². The Labute approximate surface area is 142 Å². The van der Waals surface area contributed by atoms with Crippen LogP contribution in [0.3, 0.4) is 0 Å². The maximum atomic E-state index is 2.86. The second-order valence-electron chi connectivity index (χ2n) is 8.00. The lowest BCUT2D eigenvalue weighted by Gasteiger charge is -2.44. The average molecular weight is 312 g/mol. The molecule has 0 saturated heterocycles. The van der Waals surface area contributed by atoms with Crippen molar-refractivity contribution in [3.63, 3.8) is 0 Å². The van der Waals surface area contributed by atoms with Gasteiger partial charge in [-0.05, 0) is 102 Å². The van der Waals surface area contributed by atoms with Crippen molar-refractivity contribution in [3.8, 4) is 0 Å². The molecule has 0 amide bonds. The third-order valence-corrected chi connectivity index (χ3v) is 6.45. The molecule has 0 fully saturated rings. The molecule has 0 aromatic carbocycles. The van der Waals surface area contributed by atoms with Crippen LogP contribution in [0, 0.1) is 0 Å². The molecule has 1 atom stereocenters. The predicted octanol–water partition coefficient (Wildman–Crippen LogP) is 6.63. The second kappa shape index (κ2) is 7.28. The SMILES string of the molecule is C1=C(N(C2=CCCCC2)C2CCCC3=C2CCCC3)CCCC1. The van der Waals surface area contributed by atoms with Crippen molar-refractivity contribution < 1.29 is 0 Å². The zero-order valence-electron chi connectivity index (χ0n) is 14.8. The van der Waals surface area contributed by atoms with Crippen LogP contribution in [-0.2, 0) is 0 Å². The number of allylic oxidation sites excluding steroid dienone is 5. The van der Waals surface area contributed by atoms with Crippen molar-refractivity contribution in [1.82, 2.24) is 4.90 Å². The molecular weight excluding hydrogens is 278 g/mol. The van der Waals surface area contributed by atoms with Crippen molar-refractivity contribution >= 4 is 0 Å². The number of hydrogen-bond donors (Lipinski definition) is 0. The van der Waals surface area contributed by atoms with E-state index in [4.69, 9.17) is 0 Å². The standard InChI is InChI=1S/C22H33N/c1-3-12-19(13-4-1)23(20-14-5-2-6-15-20)22-17-9-11-18-10-7-8-16-21(18)22/h12,14,22H,1-11,13,15-17H2. The summed E-state index contributed by atoms with van der Waals surface area (Å²) in [4.78, 5) is 2.86. The van der Waals surface area contributed by atoms with E-state index in [1.54, 1.807) is 11.4 Å². The highest BCUT2D eigenvalue weighted by Crippen LogP contribution is 2.42. The lowest BCUT2D eigenvalue weighted by molar-refractivity contribution is 0.272. The monoisotopic (exact) mass is 311 g/mol. The number of nitrogens with zero attached hydrogens (tertiary/aromatic N) is 1. The molecule has 1 unspecified atom stereocenters. The van der Waals surface area contributed by atoms with Gasteiger partial charge in [0.25, 0.3) is 0 Å². The highest BCUT2D eigenvalue weighted by atomic mass is 15.2. The molecule has 0 bridgehead atoms. The van der Waals surface area contributed by atoms with E-state index in [0.717, 1.165) is 0 Å². The van der Waals surface area contributed by atoms with Crippen LogP contribution >= 0.6 is 0 Å². The first-order valence-electron chi connectivity index (χ1n) is 10.3. The molecule has 0 aromatic rings. The minimum Gasteiger partial charge on any atom is -0.342 e. The highest BCUT2D eigenvalue weighted by Gasteiger charge is 2.32. The maximum Gasteiger partial charge on any atom is 0.0547 e. The molecule has 1 heteroatoms. The lowest BCUT2D eigenvalue weighted by atomic mass is 9.78. The van der Waals surface area contributed by atoms with Gasteiger partial charge in [0.15, 0.2) is 0 Å². The summed E-state index contributed by atoms with van der Waals surface area (Å²) in [6.45, 7) is 0. The summed E-state index contributed by atoms with van der Waals surface area (Å²) in [6.07, 6.45) is 25.9. The summed E-state index contributed by atoms with van der Waals surface area (Å²) in [5.74, 6) is 0. The van der Waals surface area contributed by atoms with E-state index in [1.807, 2.05) is 11.1 Å². The zero-order chi connectivity index (χ0) is 15.5. The van der Waals surface area contributed by atoms with Crippen molar-refractivity contribution in [2.24, 2.45) is 0 Å². The van der Waals surface area contributed by atoms with Gasteiger partial charge in [0.2, 0.25) is 0 Å². The molecule has 1 nitrogen and oxygen atoms in total. The molecule has 0 heterocycles. The smallest absolute Gasteiger partial charge is 0.0547 e. The van der Waals surface area contributed by atoms with Gasteiger partial charge in [-0.3, -0.25) is 0 Å². The first-order chi connectivity index (χ1) is 11.4. The topological polar surface area (TPSA) is 3.24 Å². The second-order valence-corrected chi connectivity index (χ2v) is 8.00. The van der Waals surface area contributed by atoms with Crippen molar-refractivity contribution in [2.75, 3.05) is 0 Å². The predicted molar refractivity (Wildman–Crippen MR) is 98.1 cm³/mol. The molecule has 126 valence electrons. The highest BCUT2D eigenvalue weighted by molar-refractivity contribution is 5.30. The van der Waals surface area contributed by atoms with Crippen molar-refractivity contribution in [1.29, 1.82) is 0 Å². The molecule has 0 aliphatic heterocycles. The van der Waals surface area contributed by atoms with Crippen molar-refractivity contribution in [3.05, 3.63) is 34.7 Å². The van der Waals surface area contributed by atoms with Crippen LogP contribution in [0.4, 0.5) is 0 Å². The molecule has 4 aliphatic rings. The van der Waals surface area contributed by atoms with Crippen LogP contribution in [0.1, 0.15) is 96.3 Å². The fourth-order valence-electron chi connectivity index (χ4n) is 5.31. The number of rotatable bonds is 3. The summed E-state index contributed by atoms with van der Waals surface area (Å²) in [6, 6.07) is 0.716. The first-order valence-corrected chi connectivity index (χ1v) is 10.3. The van der Waals surface area contributed by atoms with Gasteiger partial charge in [0.05, 0.1) is 6.04 Å². The molecule has 4 rings (SSSR count). The van der Waals surface area contributed by atoms with Gasteiger partial charge < -0.3 is 4.90 Å². The molecule has 0 spiro atoms. The quantitative estimate of drug-likeness (QED) is 0.529. The van der Waals surface area contributed by atoms with Crippen molar-refractivity contribution in [2.45, 2.75) is 102 Å². The van der Waals surface area contributed by atoms with E-state index in [2.05, 4.69) is 17.1 Å². The van der Waals surface area contributed by atoms with Crippen LogP contribution in [0.15, 0.2) is 34.7 Å². The molecule has 0 aromatic heterocycles. The molecule has 0 N–H and O–H groups in total. The molecule has 0 radical (unpaired) electrons.